The summed E-state index contributed by atoms with van der Waals surface area (Å²) in [6, 6.07) is 14.3. The van der Waals surface area contributed by atoms with Gasteiger partial charge in [0.2, 0.25) is 5.60 Å². The Bertz CT molecular complexity index is 2170. The third-order valence-electron chi connectivity index (χ3n) is 10.4. The first-order chi connectivity index (χ1) is 26.6. The first-order valence-electron chi connectivity index (χ1n) is 18.5. The van der Waals surface area contributed by atoms with E-state index in [0.717, 1.165) is 54.1 Å². The highest BCUT2D eigenvalue weighted by molar-refractivity contribution is 8.76. The number of ether oxygens (including phenoxy) is 2. The standard InChI is InChI=1S/C39H45N7O7S2/c1-4-27-28-20-26(47)10-11-32(28)43-34-29(27)22-46-33(34)21-31-30(35(46)48)23-52-36(49)39(31,5-2)53-38(51)41-13-19-55-54-18-12-40-37(50)42-24-6-8-25(9-7-24)45-16-14-44(3)15-17-45/h6-11,20-21,47H,4-5,12-19,22-23H2,1-3H3,(H,41,51)(H2,40,42,50)/t39-/m0/s1. The number of hydrogen-bond donors (Lipinski definition) is 4. The number of likely N-dealkylation sites (N-methyl/N-ethyl adjacent to an activating group) is 1. The van der Waals surface area contributed by atoms with Gasteiger partial charge in [-0.05, 0) is 74.0 Å². The maximum Gasteiger partial charge on any atom is 0.408 e. The van der Waals surface area contributed by atoms with E-state index >= 15 is 0 Å². The van der Waals surface area contributed by atoms with E-state index in [4.69, 9.17) is 14.5 Å². The second-order valence-corrected chi connectivity index (χ2v) is 16.4. The van der Waals surface area contributed by atoms with E-state index < -0.39 is 17.7 Å². The summed E-state index contributed by atoms with van der Waals surface area (Å²) >= 11 is 0. The number of phenolic OH excluding ortho intramolecular Hbond substituents is 1. The molecule has 4 aromatic rings. The predicted molar refractivity (Wildman–Crippen MR) is 216 cm³/mol. The van der Waals surface area contributed by atoms with Gasteiger partial charge in [0, 0.05) is 78.7 Å². The summed E-state index contributed by atoms with van der Waals surface area (Å²) in [6.07, 6.45) is -0.0834. The minimum atomic E-state index is -1.81. The van der Waals surface area contributed by atoms with Crippen LogP contribution in [0, 0.1) is 0 Å². The molecule has 14 nitrogen and oxygen atoms in total. The average Bonchev–Trinajstić information content (AvgIpc) is 3.55. The van der Waals surface area contributed by atoms with E-state index in [-0.39, 0.29) is 49.0 Å². The lowest BCUT2D eigenvalue weighted by molar-refractivity contribution is -0.172. The van der Waals surface area contributed by atoms with Gasteiger partial charge in [-0.1, -0.05) is 35.4 Å². The zero-order valence-corrected chi connectivity index (χ0v) is 32.7. The molecule has 0 aliphatic carbocycles. The lowest BCUT2D eigenvalue weighted by atomic mass is 9.85. The molecule has 16 heteroatoms. The number of rotatable bonds is 12. The minimum Gasteiger partial charge on any atom is -0.508 e. The van der Waals surface area contributed by atoms with Crippen molar-refractivity contribution < 1.29 is 29.0 Å². The highest BCUT2D eigenvalue weighted by Gasteiger charge is 2.50. The molecule has 5 heterocycles. The van der Waals surface area contributed by atoms with Gasteiger partial charge in [-0.25, -0.2) is 19.4 Å². The Morgan fingerprint density at radius 3 is 2.40 bits per heavy atom. The Morgan fingerprint density at radius 1 is 0.964 bits per heavy atom. The minimum absolute atomic E-state index is 0.0553. The van der Waals surface area contributed by atoms with Gasteiger partial charge in [-0.3, -0.25) is 4.79 Å². The fourth-order valence-corrected chi connectivity index (χ4v) is 9.23. The lowest BCUT2D eigenvalue weighted by Gasteiger charge is -2.35. The molecule has 290 valence electrons. The van der Waals surface area contributed by atoms with Crippen LogP contribution in [0.15, 0.2) is 53.3 Å². The number of carbonyl (C=O) groups excluding carboxylic acids is 3. The monoisotopic (exact) mass is 787 g/mol. The van der Waals surface area contributed by atoms with E-state index in [9.17, 15) is 24.3 Å². The van der Waals surface area contributed by atoms with E-state index in [2.05, 4.69) is 32.8 Å². The Hall–Kier alpha value is -4.93. The summed E-state index contributed by atoms with van der Waals surface area (Å²) in [7, 11) is 5.21. The van der Waals surface area contributed by atoms with E-state index in [1.165, 1.54) is 10.8 Å². The Labute approximate surface area is 326 Å². The van der Waals surface area contributed by atoms with E-state index in [1.54, 1.807) is 46.6 Å². The van der Waals surface area contributed by atoms with Gasteiger partial charge in [-0.2, -0.15) is 0 Å². The number of pyridine rings is 2. The van der Waals surface area contributed by atoms with Crippen LogP contribution in [0.1, 0.15) is 42.5 Å². The summed E-state index contributed by atoms with van der Waals surface area (Å²) in [5.74, 6) is 0.605. The van der Waals surface area contributed by atoms with Gasteiger partial charge in [0.25, 0.3) is 5.56 Å². The van der Waals surface area contributed by atoms with Crippen LogP contribution in [0.2, 0.25) is 0 Å². The van der Waals surface area contributed by atoms with Crippen molar-refractivity contribution in [1.29, 1.82) is 0 Å². The molecule has 0 spiro atoms. The molecule has 3 aliphatic rings. The summed E-state index contributed by atoms with van der Waals surface area (Å²) < 4.78 is 13.0. The summed E-state index contributed by atoms with van der Waals surface area (Å²) in [5, 5.41) is 19.4. The molecule has 3 amide bonds. The Kier molecular flexibility index (Phi) is 11.5. The molecule has 55 heavy (non-hydrogen) atoms. The largest absolute Gasteiger partial charge is 0.508 e. The zero-order chi connectivity index (χ0) is 38.7. The molecule has 0 bridgehead atoms. The highest BCUT2D eigenvalue weighted by Crippen LogP contribution is 2.42. The maximum absolute atomic E-state index is 13.9. The van der Waals surface area contributed by atoms with Crippen LogP contribution in [0.25, 0.3) is 22.3 Å². The first kappa shape index (κ1) is 38.3. The maximum atomic E-state index is 13.9. The van der Waals surface area contributed by atoms with Crippen LogP contribution in [-0.2, 0) is 39.4 Å². The number of benzene rings is 2. The number of piperazine rings is 1. The molecule has 1 fully saturated rings. The number of amides is 3. The number of phenols is 1. The number of anilines is 2. The second-order valence-electron chi connectivity index (χ2n) is 13.7. The van der Waals surface area contributed by atoms with E-state index in [0.29, 0.717) is 46.9 Å². The quantitative estimate of drug-likeness (QED) is 0.0758. The second kappa shape index (κ2) is 16.4. The molecule has 3 aliphatic heterocycles. The molecule has 4 N–H and O–H groups in total. The van der Waals surface area contributed by atoms with Gasteiger partial charge < -0.3 is 44.9 Å². The lowest BCUT2D eigenvalue weighted by Crippen LogP contribution is -2.49. The number of nitrogens with one attached hydrogen (secondary N) is 3. The normalized spacial score (nSPS) is 17.6. The average molecular weight is 788 g/mol. The number of aryl methyl sites for hydroxylation is 1. The molecule has 7 rings (SSSR count). The van der Waals surface area contributed by atoms with Crippen LogP contribution < -0.4 is 26.4 Å². The molecule has 0 saturated carbocycles. The highest BCUT2D eigenvalue weighted by atomic mass is 33.1. The topological polar surface area (TPSA) is 167 Å². The first-order valence-corrected chi connectivity index (χ1v) is 21.0. The number of esters is 1. The van der Waals surface area contributed by atoms with Gasteiger partial charge in [0.1, 0.15) is 12.4 Å². The fraction of sp³-hybridized carbons (Fsp3) is 0.410. The smallest absolute Gasteiger partial charge is 0.408 e. The molecule has 0 unspecified atom stereocenters. The zero-order valence-electron chi connectivity index (χ0n) is 31.1. The molecule has 0 radical (unpaired) electrons. The van der Waals surface area contributed by atoms with Gasteiger partial charge in [0.15, 0.2) is 0 Å². The molecular weight excluding hydrogens is 743 g/mol. The van der Waals surface area contributed by atoms with Crippen LogP contribution in [0.3, 0.4) is 0 Å². The third kappa shape index (κ3) is 7.80. The van der Waals surface area contributed by atoms with Crippen molar-refractivity contribution in [3.63, 3.8) is 0 Å². The molecule has 2 aromatic carbocycles. The van der Waals surface area contributed by atoms with Crippen molar-refractivity contribution in [2.45, 2.75) is 45.4 Å². The predicted octanol–water partition coefficient (Wildman–Crippen LogP) is 5.04. The molecule has 2 aromatic heterocycles. The molecular formula is C39H45N7O7S2. The number of cyclic esters (lactones) is 1. The Morgan fingerprint density at radius 2 is 1.69 bits per heavy atom. The molecule has 1 saturated heterocycles. The van der Waals surface area contributed by atoms with Crippen molar-refractivity contribution in [3.05, 3.63) is 81.1 Å². The van der Waals surface area contributed by atoms with Crippen molar-refractivity contribution in [1.82, 2.24) is 25.1 Å². The fourth-order valence-electron chi connectivity index (χ4n) is 7.42. The Balaban J connectivity index is 0.904. The van der Waals surface area contributed by atoms with Crippen LogP contribution in [0.4, 0.5) is 21.0 Å². The third-order valence-corrected chi connectivity index (χ3v) is 12.8. The number of carbonyl (C=O) groups is 3. The van der Waals surface area contributed by atoms with Crippen molar-refractivity contribution in [2.75, 3.05) is 68.0 Å². The number of nitrogens with zero attached hydrogens (tertiary/aromatic N) is 4. The van der Waals surface area contributed by atoms with Crippen LogP contribution >= 0.6 is 21.6 Å². The number of urea groups is 1. The number of alkyl carbamates (subject to hydrolysis) is 1. The number of fused-ring (bicyclic) bond motifs is 5. The number of hydrogen-bond acceptors (Lipinski definition) is 12. The van der Waals surface area contributed by atoms with Crippen LogP contribution in [0.5, 0.6) is 5.75 Å². The number of aromatic nitrogens is 2. The van der Waals surface area contributed by atoms with Gasteiger partial charge >= 0.3 is 18.1 Å². The summed E-state index contributed by atoms with van der Waals surface area (Å²) in [6.45, 7) is 8.54. The van der Waals surface area contributed by atoms with Crippen molar-refractivity contribution in [2.24, 2.45) is 0 Å². The summed E-state index contributed by atoms with van der Waals surface area (Å²) in [4.78, 5) is 62.4. The van der Waals surface area contributed by atoms with E-state index in [1.807, 2.05) is 31.2 Å². The SMILES string of the molecule is CCc1c2c(nc3ccc(O)cc13)-c1cc3c(c(=O)n1C2)COC(=O)[C@@]3(CC)OC(=O)NCCSSCCNC(=O)Nc1ccc(N2CCN(C)CC2)cc1. The van der Waals surface area contributed by atoms with Crippen LogP contribution in [-0.4, -0.2) is 95.5 Å². The van der Waals surface area contributed by atoms with Crippen molar-refractivity contribution >= 4 is 62.0 Å². The van der Waals surface area contributed by atoms with Crippen molar-refractivity contribution in [3.8, 4) is 17.1 Å². The van der Waals surface area contributed by atoms with Gasteiger partial charge in [-0.15, -0.1) is 0 Å². The summed E-state index contributed by atoms with van der Waals surface area (Å²) in [5.41, 5.74) is 4.01. The molecule has 1 atom stereocenters. The van der Waals surface area contributed by atoms with Gasteiger partial charge in [0.05, 0.1) is 29.0 Å². The number of aromatic hydroxyl groups is 1.